The van der Waals surface area contributed by atoms with E-state index in [1.54, 1.807) is 24.3 Å². The summed E-state index contributed by atoms with van der Waals surface area (Å²) in [5, 5.41) is 11.7. The Labute approximate surface area is 213 Å². The van der Waals surface area contributed by atoms with E-state index in [1.165, 1.54) is 11.8 Å². The number of rotatable bonds is 4. The molecular formula is C28H25NO6S. The molecule has 2 fully saturated rings. The van der Waals surface area contributed by atoms with Crippen LogP contribution in [0.1, 0.15) is 38.1 Å². The number of ether oxygens (including phenoxy) is 3. The second-order valence-electron chi connectivity index (χ2n) is 9.16. The van der Waals surface area contributed by atoms with Crippen molar-refractivity contribution < 1.29 is 28.9 Å². The van der Waals surface area contributed by atoms with Crippen LogP contribution in [0.15, 0.2) is 83.8 Å². The lowest BCUT2D eigenvalue weighted by Crippen LogP contribution is -2.66. The summed E-state index contributed by atoms with van der Waals surface area (Å²) in [5.74, 6) is -0.884. The van der Waals surface area contributed by atoms with Gasteiger partial charge in [0.1, 0.15) is 29.8 Å². The van der Waals surface area contributed by atoms with Gasteiger partial charge in [0.2, 0.25) is 0 Å². The molecule has 3 aliphatic heterocycles. The highest BCUT2D eigenvalue weighted by Gasteiger charge is 2.55. The van der Waals surface area contributed by atoms with Gasteiger partial charge in [0, 0.05) is 10.5 Å². The van der Waals surface area contributed by atoms with Crippen molar-refractivity contribution in [2.45, 2.75) is 47.9 Å². The van der Waals surface area contributed by atoms with Gasteiger partial charge in [-0.05, 0) is 31.2 Å². The van der Waals surface area contributed by atoms with Gasteiger partial charge in [-0.15, -0.1) is 0 Å². The summed E-state index contributed by atoms with van der Waals surface area (Å²) < 4.78 is 18.5. The van der Waals surface area contributed by atoms with Gasteiger partial charge < -0.3 is 19.3 Å². The first-order chi connectivity index (χ1) is 17.5. The Morgan fingerprint density at radius 1 is 0.861 bits per heavy atom. The maximum atomic E-state index is 13.4. The number of amides is 2. The van der Waals surface area contributed by atoms with Gasteiger partial charge in [-0.25, -0.2) is 0 Å². The number of aliphatic hydroxyl groups excluding tert-OH is 1. The molecule has 2 unspecified atom stereocenters. The van der Waals surface area contributed by atoms with Crippen molar-refractivity contribution in [3.63, 3.8) is 0 Å². The van der Waals surface area contributed by atoms with Gasteiger partial charge in [-0.1, -0.05) is 71.9 Å². The van der Waals surface area contributed by atoms with E-state index in [-0.39, 0.29) is 6.61 Å². The normalized spacial score (nSPS) is 29.7. The van der Waals surface area contributed by atoms with E-state index in [1.807, 2.05) is 61.5 Å². The van der Waals surface area contributed by atoms with Crippen molar-refractivity contribution in [2.24, 2.45) is 0 Å². The van der Waals surface area contributed by atoms with Gasteiger partial charge >= 0.3 is 0 Å². The van der Waals surface area contributed by atoms with Crippen LogP contribution in [0, 0.1) is 6.92 Å². The molecular weight excluding hydrogens is 478 g/mol. The molecule has 2 amide bonds. The van der Waals surface area contributed by atoms with E-state index in [9.17, 15) is 14.7 Å². The minimum absolute atomic E-state index is 0.209. The lowest BCUT2D eigenvalue weighted by atomic mass is 9.95. The van der Waals surface area contributed by atoms with E-state index in [0.717, 1.165) is 20.9 Å². The van der Waals surface area contributed by atoms with Crippen LogP contribution in [-0.4, -0.2) is 58.2 Å². The number of imide groups is 1. The molecule has 2 saturated heterocycles. The van der Waals surface area contributed by atoms with Gasteiger partial charge in [-0.3, -0.25) is 14.5 Å². The molecule has 3 aromatic rings. The van der Waals surface area contributed by atoms with Crippen molar-refractivity contribution in [2.75, 3.05) is 6.61 Å². The molecule has 6 atom stereocenters. The molecule has 3 aromatic carbocycles. The Kier molecular flexibility index (Phi) is 6.15. The van der Waals surface area contributed by atoms with Crippen molar-refractivity contribution in [3.05, 3.63) is 101 Å². The second kappa shape index (κ2) is 9.46. The average molecular weight is 504 g/mol. The zero-order chi connectivity index (χ0) is 24.8. The summed E-state index contributed by atoms with van der Waals surface area (Å²) in [5.41, 5.74) is 1.86. The molecule has 36 heavy (non-hydrogen) atoms. The number of carbonyl (C=O) groups is 2. The minimum Gasteiger partial charge on any atom is -0.388 e. The quantitative estimate of drug-likeness (QED) is 0.540. The maximum Gasteiger partial charge on any atom is 0.262 e. The number of thioether (sulfide) groups is 1. The Bertz CT molecular complexity index is 1250. The molecule has 0 spiro atoms. The van der Waals surface area contributed by atoms with E-state index in [0.29, 0.717) is 11.1 Å². The smallest absolute Gasteiger partial charge is 0.262 e. The topological polar surface area (TPSA) is 85.3 Å². The number of benzene rings is 3. The summed E-state index contributed by atoms with van der Waals surface area (Å²) >= 11 is 1.37. The van der Waals surface area contributed by atoms with Crippen molar-refractivity contribution in [3.8, 4) is 0 Å². The van der Waals surface area contributed by atoms with Crippen LogP contribution >= 0.6 is 11.8 Å². The maximum absolute atomic E-state index is 13.4. The molecule has 1 N–H and O–H groups in total. The average Bonchev–Trinajstić information content (AvgIpc) is 3.16. The highest BCUT2D eigenvalue weighted by molar-refractivity contribution is 7.99. The van der Waals surface area contributed by atoms with Gasteiger partial charge in [0.05, 0.1) is 17.7 Å². The second-order valence-corrected chi connectivity index (χ2v) is 10.3. The third-order valence-electron chi connectivity index (χ3n) is 6.80. The van der Waals surface area contributed by atoms with Gasteiger partial charge in [0.25, 0.3) is 11.8 Å². The zero-order valence-electron chi connectivity index (χ0n) is 19.5. The number of aryl methyl sites for hydroxylation is 1. The third kappa shape index (κ3) is 4.05. The largest absolute Gasteiger partial charge is 0.388 e. The predicted molar refractivity (Wildman–Crippen MR) is 132 cm³/mol. The van der Waals surface area contributed by atoms with Crippen LogP contribution in [0.4, 0.5) is 0 Å². The SMILES string of the molecule is Cc1ccc(SC2O[C@@H]3COC(c4ccccc4)O[C@H]3[C@H](O)[C@H]2N2C(=O)c3ccccc3C2=O)cc1. The number of hydrogen-bond acceptors (Lipinski definition) is 7. The minimum atomic E-state index is -1.18. The third-order valence-corrected chi connectivity index (χ3v) is 7.97. The van der Waals surface area contributed by atoms with Crippen molar-refractivity contribution >= 4 is 23.6 Å². The van der Waals surface area contributed by atoms with Gasteiger partial charge in [-0.2, -0.15) is 0 Å². The fourth-order valence-electron chi connectivity index (χ4n) is 4.96. The van der Waals surface area contributed by atoms with Crippen LogP contribution in [0.25, 0.3) is 0 Å². The monoisotopic (exact) mass is 503 g/mol. The van der Waals surface area contributed by atoms with Crippen LogP contribution in [0.2, 0.25) is 0 Å². The van der Waals surface area contributed by atoms with Crippen molar-refractivity contribution in [1.82, 2.24) is 4.90 Å². The Hall–Kier alpha value is -3.01. The lowest BCUT2D eigenvalue weighted by Gasteiger charge is -2.49. The van der Waals surface area contributed by atoms with E-state index >= 15 is 0 Å². The molecule has 8 heteroatoms. The Morgan fingerprint density at radius 3 is 2.17 bits per heavy atom. The molecule has 0 radical (unpaired) electrons. The van der Waals surface area contributed by atoms with E-state index in [4.69, 9.17) is 14.2 Å². The zero-order valence-corrected chi connectivity index (χ0v) is 20.3. The first kappa shape index (κ1) is 23.4. The summed E-state index contributed by atoms with van der Waals surface area (Å²) in [7, 11) is 0. The molecule has 0 aromatic heterocycles. The molecule has 6 rings (SSSR count). The highest BCUT2D eigenvalue weighted by atomic mass is 32.2. The molecule has 3 heterocycles. The first-order valence-electron chi connectivity index (χ1n) is 11.9. The number of fused-ring (bicyclic) bond motifs is 2. The summed E-state index contributed by atoms with van der Waals surface area (Å²) in [4.78, 5) is 28.9. The molecule has 0 bridgehead atoms. The molecule has 0 saturated carbocycles. The first-order valence-corrected chi connectivity index (χ1v) is 12.7. The van der Waals surface area contributed by atoms with Gasteiger partial charge in [0.15, 0.2) is 6.29 Å². The summed E-state index contributed by atoms with van der Waals surface area (Å²) in [6.07, 6.45) is -3.21. The summed E-state index contributed by atoms with van der Waals surface area (Å²) in [6.45, 7) is 2.21. The number of carbonyl (C=O) groups excluding carboxylic acids is 2. The molecule has 0 aliphatic carbocycles. The standard InChI is InChI=1S/C28H25NO6S/c1-16-11-13-18(14-12-16)36-28-22(29-25(31)19-9-5-6-10-20(19)26(29)32)23(30)24-21(34-28)15-33-27(35-24)17-7-3-2-4-8-17/h2-14,21-24,27-28,30H,15H2,1H3/t21-,22-,23-,24-,27?,28?/m1/s1. The summed E-state index contributed by atoms with van der Waals surface area (Å²) in [6, 6.07) is 23.1. The van der Waals surface area contributed by atoms with Crippen LogP contribution in [-0.2, 0) is 14.2 Å². The predicted octanol–water partition coefficient (Wildman–Crippen LogP) is 3.95. The van der Waals surface area contributed by atoms with Crippen LogP contribution in [0.3, 0.4) is 0 Å². The Morgan fingerprint density at radius 2 is 1.50 bits per heavy atom. The van der Waals surface area contributed by atoms with Crippen LogP contribution in [0.5, 0.6) is 0 Å². The Balaban J connectivity index is 1.34. The lowest BCUT2D eigenvalue weighted by molar-refractivity contribution is -0.310. The fourth-order valence-corrected chi connectivity index (χ4v) is 6.14. The van der Waals surface area contributed by atoms with Crippen LogP contribution < -0.4 is 0 Å². The molecule has 3 aliphatic rings. The molecule has 7 nitrogen and oxygen atoms in total. The van der Waals surface area contributed by atoms with E-state index in [2.05, 4.69) is 0 Å². The number of hydrogen-bond donors (Lipinski definition) is 1. The number of aliphatic hydroxyl groups is 1. The van der Waals surface area contributed by atoms with Crippen molar-refractivity contribution in [1.29, 1.82) is 0 Å². The highest BCUT2D eigenvalue weighted by Crippen LogP contribution is 2.42. The fraction of sp³-hybridized carbons (Fsp3) is 0.286. The molecule has 184 valence electrons. The number of nitrogens with zero attached hydrogens (tertiary/aromatic N) is 1. The van der Waals surface area contributed by atoms with E-state index < -0.39 is 47.9 Å².